The van der Waals surface area contributed by atoms with Crippen LogP contribution in [0.15, 0.2) is 42.6 Å². The number of benzene rings is 1. The fourth-order valence-electron chi connectivity index (χ4n) is 1.69. The molecule has 0 aliphatic heterocycles. The molecule has 1 unspecified atom stereocenters. The van der Waals surface area contributed by atoms with Crippen LogP contribution in [0.1, 0.15) is 22.0 Å². The molecule has 1 amide bonds. The first kappa shape index (κ1) is 14.4. The number of halogens is 2. The number of carbonyl (C=O) groups excluding carboxylic acids is 1. The third-order valence-corrected chi connectivity index (χ3v) is 2.92. The fourth-order valence-corrected chi connectivity index (χ4v) is 1.86. The van der Waals surface area contributed by atoms with E-state index in [1.165, 1.54) is 36.5 Å². The highest BCUT2D eigenvalue weighted by Gasteiger charge is 2.14. The molecular formula is C14H12ClFN2O2. The van der Waals surface area contributed by atoms with Crippen LogP contribution in [0.25, 0.3) is 0 Å². The van der Waals surface area contributed by atoms with Gasteiger partial charge in [0.25, 0.3) is 5.91 Å². The maximum atomic E-state index is 13.4. The van der Waals surface area contributed by atoms with Gasteiger partial charge in [0.2, 0.25) is 0 Å². The molecule has 1 aromatic carbocycles. The van der Waals surface area contributed by atoms with Gasteiger partial charge in [-0.2, -0.15) is 0 Å². The van der Waals surface area contributed by atoms with Crippen molar-refractivity contribution in [1.29, 1.82) is 0 Å². The third kappa shape index (κ3) is 3.53. The number of aromatic nitrogens is 1. The normalized spacial score (nSPS) is 11.9. The molecule has 1 atom stereocenters. The number of nitrogens with zero attached hydrogens (tertiary/aromatic N) is 1. The molecule has 0 fully saturated rings. The number of carbonyl (C=O) groups is 1. The predicted molar refractivity (Wildman–Crippen MR) is 72.9 cm³/mol. The van der Waals surface area contributed by atoms with E-state index in [2.05, 4.69) is 10.3 Å². The highest BCUT2D eigenvalue weighted by molar-refractivity contribution is 6.29. The van der Waals surface area contributed by atoms with Crippen molar-refractivity contribution < 1.29 is 14.3 Å². The van der Waals surface area contributed by atoms with Crippen LogP contribution in [0.5, 0.6) is 0 Å². The van der Waals surface area contributed by atoms with Gasteiger partial charge in [0.15, 0.2) is 0 Å². The summed E-state index contributed by atoms with van der Waals surface area (Å²) >= 11 is 5.68. The van der Waals surface area contributed by atoms with Crippen LogP contribution in [0, 0.1) is 5.82 Å². The number of aliphatic hydroxyl groups is 1. The lowest BCUT2D eigenvalue weighted by molar-refractivity contribution is 0.0914. The summed E-state index contributed by atoms with van der Waals surface area (Å²) in [6, 6.07) is 8.77. The second-order valence-corrected chi connectivity index (χ2v) is 4.50. The summed E-state index contributed by atoms with van der Waals surface area (Å²) in [5.74, 6) is -0.925. The van der Waals surface area contributed by atoms with Crippen LogP contribution >= 0.6 is 11.6 Å². The first-order chi connectivity index (χ1) is 9.58. The molecule has 2 rings (SSSR count). The molecule has 0 saturated carbocycles. The van der Waals surface area contributed by atoms with Crippen molar-refractivity contribution in [3.05, 3.63) is 64.7 Å². The maximum Gasteiger partial charge on any atom is 0.251 e. The monoisotopic (exact) mass is 294 g/mol. The molecule has 1 aromatic heterocycles. The molecule has 20 heavy (non-hydrogen) atoms. The lowest BCUT2D eigenvalue weighted by Gasteiger charge is -2.13. The van der Waals surface area contributed by atoms with Gasteiger partial charge in [0.1, 0.15) is 11.0 Å². The van der Waals surface area contributed by atoms with Crippen LogP contribution in [0.4, 0.5) is 4.39 Å². The Morgan fingerprint density at radius 3 is 2.85 bits per heavy atom. The first-order valence-electron chi connectivity index (χ1n) is 5.90. The molecular weight excluding hydrogens is 283 g/mol. The van der Waals surface area contributed by atoms with Gasteiger partial charge in [0.05, 0.1) is 6.10 Å². The summed E-state index contributed by atoms with van der Waals surface area (Å²) in [5, 5.41) is 12.6. The molecule has 0 radical (unpaired) electrons. The van der Waals surface area contributed by atoms with Crippen LogP contribution in [-0.2, 0) is 0 Å². The first-order valence-corrected chi connectivity index (χ1v) is 6.28. The number of amides is 1. The molecule has 0 aliphatic carbocycles. The van der Waals surface area contributed by atoms with Crippen LogP contribution in [-0.4, -0.2) is 22.5 Å². The number of hydrogen-bond donors (Lipinski definition) is 2. The molecule has 4 nitrogen and oxygen atoms in total. The summed E-state index contributed by atoms with van der Waals surface area (Å²) in [7, 11) is 0. The van der Waals surface area contributed by atoms with Gasteiger partial charge >= 0.3 is 0 Å². The van der Waals surface area contributed by atoms with Crippen molar-refractivity contribution in [3.8, 4) is 0 Å². The van der Waals surface area contributed by atoms with Gasteiger partial charge in [-0.1, -0.05) is 29.8 Å². The molecule has 1 heterocycles. The average molecular weight is 295 g/mol. The number of aliphatic hydroxyl groups excluding tert-OH is 1. The highest BCUT2D eigenvalue weighted by Crippen LogP contribution is 2.16. The molecule has 0 bridgehead atoms. The SMILES string of the molecule is O=C(NCC(O)c1ccccc1F)c1ccnc(Cl)c1. The third-order valence-electron chi connectivity index (χ3n) is 2.71. The molecule has 104 valence electrons. The van der Waals surface area contributed by atoms with Crippen LogP contribution < -0.4 is 5.32 Å². The van der Waals surface area contributed by atoms with Gasteiger partial charge < -0.3 is 10.4 Å². The van der Waals surface area contributed by atoms with E-state index in [-0.39, 0.29) is 17.3 Å². The Balaban J connectivity index is 1.99. The summed E-state index contributed by atoms with van der Waals surface area (Å²) in [4.78, 5) is 15.6. The Labute approximate surface area is 120 Å². The Hall–Kier alpha value is -1.98. The maximum absolute atomic E-state index is 13.4. The summed E-state index contributed by atoms with van der Waals surface area (Å²) in [6.45, 7) is -0.0975. The van der Waals surface area contributed by atoms with E-state index in [9.17, 15) is 14.3 Å². The summed E-state index contributed by atoms with van der Waals surface area (Å²) in [6.07, 6.45) is 0.294. The lowest BCUT2D eigenvalue weighted by Crippen LogP contribution is -2.28. The second-order valence-electron chi connectivity index (χ2n) is 4.11. The van der Waals surface area contributed by atoms with E-state index in [1.807, 2.05) is 0 Å². The predicted octanol–water partition coefficient (Wildman–Crippen LogP) is 2.34. The minimum absolute atomic E-state index is 0.0975. The summed E-state index contributed by atoms with van der Waals surface area (Å²) in [5.41, 5.74) is 0.464. The number of nitrogens with one attached hydrogen (secondary N) is 1. The van der Waals surface area contributed by atoms with Crippen molar-refractivity contribution in [1.82, 2.24) is 10.3 Å². The summed E-state index contributed by atoms with van der Waals surface area (Å²) < 4.78 is 13.4. The zero-order valence-corrected chi connectivity index (χ0v) is 11.1. The van der Waals surface area contributed by atoms with Crippen molar-refractivity contribution >= 4 is 17.5 Å². The van der Waals surface area contributed by atoms with Crippen molar-refractivity contribution in [2.24, 2.45) is 0 Å². The molecule has 0 saturated heterocycles. The largest absolute Gasteiger partial charge is 0.386 e. The van der Waals surface area contributed by atoms with Crippen molar-refractivity contribution in [3.63, 3.8) is 0 Å². The van der Waals surface area contributed by atoms with Gasteiger partial charge in [-0.3, -0.25) is 4.79 Å². The minimum atomic E-state index is -1.11. The second kappa shape index (κ2) is 6.45. The minimum Gasteiger partial charge on any atom is -0.386 e. The fraction of sp³-hybridized carbons (Fsp3) is 0.143. The quantitative estimate of drug-likeness (QED) is 0.851. The molecule has 0 spiro atoms. The van der Waals surface area contributed by atoms with E-state index in [0.717, 1.165) is 0 Å². The van der Waals surface area contributed by atoms with E-state index < -0.39 is 17.8 Å². The number of pyridine rings is 1. The zero-order chi connectivity index (χ0) is 14.5. The lowest BCUT2D eigenvalue weighted by atomic mass is 10.1. The van der Waals surface area contributed by atoms with E-state index in [1.54, 1.807) is 6.07 Å². The Kier molecular flexibility index (Phi) is 4.65. The number of hydrogen-bond acceptors (Lipinski definition) is 3. The Bertz CT molecular complexity index is 622. The molecule has 2 N–H and O–H groups in total. The molecule has 6 heteroatoms. The Morgan fingerprint density at radius 2 is 2.15 bits per heavy atom. The van der Waals surface area contributed by atoms with Crippen LogP contribution in [0.3, 0.4) is 0 Å². The smallest absolute Gasteiger partial charge is 0.251 e. The van der Waals surface area contributed by atoms with E-state index in [0.29, 0.717) is 5.56 Å². The topological polar surface area (TPSA) is 62.2 Å². The Morgan fingerprint density at radius 1 is 1.40 bits per heavy atom. The van der Waals surface area contributed by atoms with Gasteiger partial charge in [-0.05, 0) is 18.2 Å². The molecule has 2 aromatic rings. The average Bonchev–Trinajstić information content (AvgIpc) is 2.45. The van der Waals surface area contributed by atoms with E-state index in [4.69, 9.17) is 11.6 Å². The van der Waals surface area contributed by atoms with Gasteiger partial charge in [-0.25, -0.2) is 9.37 Å². The zero-order valence-electron chi connectivity index (χ0n) is 10.4. The van der Waals surface area contributed by atoms with Crippen molar-refractivity contribution in [2.75, 3.05) is 6.54 Å². The van der Waals surface area contributed by atoms with E-state index >= 15 is 0 Å². The van der Waals surface area contributed by atoms with Crippen molar-refractivity contribution in [2.45, 2.75) is 6.10 Å². The highest BCUT2D eigenvalue weighted by atomic mass is 35.5. The van der Waals surface area contributed by atoms with Gasteiger partial charge in [-0.15, -0.1) is 0 Å². The standard InChI is InChI=1S/C14H12ClFN2O2/c15-13-7-9(5-6-17-13)14(20)18-8-12(19)10-3-1-2-4-11(10)16/h1-7,12,19H,8H2,(H,18,20). The molecule has 0 aliphatic rings. The van der Waals surface area contributed by atoms with Gasteiger partial charge in [0, 0.05) is 23.9 Å². The number of rotatable bonds is 4. The van der Waals surface area contributed by atoms with Crippen LogP contribution in [0.2, 0.25) is 5.15 Å².